The van der Waals surface area contributed by atoms with Gasteiger partial charge >= 0.3 is 11.9 Å². The normalized spacial score (nSPS) is 16.2. The molecule has 0 radical (unpaired) electrons. The minimum atomic E-state index is -0.826. The van der Waals surface area contributed by atoms with Gasteiger partial charge in [-0.3, -0.25) is 14.4 Å². The van der Waals surface area contributed by atoms with Crippen molar-refractivity contribution in [3.05, 3.63) is 0 Å². The Morgan fingerprint density at radius 3 is 1.37 bits per heavy atom. The summed E-state index contributed by atoms with van der Waals surface area (Å²) in [6.07, 6.45) is 25.5. The van der Waals surface area contributed by atoms with E-state index in [2.05, 4.69) is 11.7 Å². The van der Waals surface area contributed by atoms with Crippen LogP contribution >= 0.6 is 0 Å². The zero-order chi connectivity index (χ0) is 21.9. The first-order valence-corrected chi connectivity index (χ1v) is 12.9. The lowest BCUT2D eigenvalue weighted by atomic mass is 9.97. The van der Waals surface area contributed by atoms with E-state index in [9.17, 15) is 14.4 Å². The molecule has 1 aliphatic heterocycles. The highest BCUT2D eigenvalue weighted by molar-refractivity contribution is 6.08. The number of ether oxygens (including phenoxy) is 1. The molecule has 1 rings (SSSR count). The van der Waals surface area contributed by atoms with Crippen LogP contribution in [0.15, 0.2) is 0 Å². The summed E-state index contributed by atoms with van der Waals surface area (Å²) >= 11 is 0. The Labute approximate surface area is 184 Å². The van der Waals surface area contributed by atoms with Gasteiger partial charge in [0.15, 0.2) is 0 Å². The van der Waals surface area contributed by atoms with Gasteiger partial charge in [-0.2, -0.15) is 0 Å². The Morgan fingerprint density at radius 1 is 0.667 bits per heavy atom. The van der Waals surface area contributed by atoms with Gasteiger partial charge in [-0.05, 0) is 6.42 Å². The van der Waals surface area contributed by atoms with Crippen LogP contribution < -0.4 is 0 Å². The van der Waals surface area contributed by atoms with Crippen LogP contribution in [0.1, 0.15) is 142 Å². The van der Waals surface area contributed by atoms with Crippen molar-refractivity contribution in [2.75, 3.05) is 0 Å². The first-order chi connectivity index (χ1) is 14.6. The number of cyclic esters (lactones) is 2. The smallest absolute Gasteiger partial charge is 0.324 e. The summed E-state index contributed by atoms with van der Waals surface area (Å²) < 4.78 is 4.44. The predicted molar refractivity (Wildman–Crippen MR) is 122 cm³/mol. The van der Waals surface area contributed by atoms with Crippen molar-refractivity contribution in [3.8, 4) is 0 Å². The lowest BCUT2D eigenvalue weighted by Crippen LogP contribution is -2.18. The number of carbonyl (C=O) groups excluding carboxylic acids is 3. The molecule has 1 saturated heterocycles. The van der Waals surface area contributed by atoms with Gasteiger partial charge in [0.05, 0.1) is 6.42 Å². The van der Waals surface area contributed by atoms with Gasteiger partial charge in [-0.15, -0.1) is 0 Å². The fraction of sp³-hybridized carbons (Fsp3) is 0.885. The maximum absolute atomic E-state index is 11.9. The van der Waals surface area contributed by atoms with Crippen LogP contribution in [0.25, 0.3) is 0 Å². The average molecular weight is 423 g/mol. The van der Waals surface area contributed by atoms with Crippen LogP contribution in [0, 0.1) is 5.92 Å². The Kier molecular flexibility index (Phi) is 16.6. The van der Waals surface area contributed by atoms with Crippen molar-refractivity contribution < 1.29 is 19.1 Å². The molecule has 0 aromatic rings. The largest absolute Gasteiger partial charge is 0.393 e. The van der Waals surface area contributed by atoms with Gasteiger partial charge in [-0.1, -0.05) is 122 Å². The van der Waals surface area contributed by atoms with Gasteiger partial charge in [0.1, 0.15) is 11.7 Å². The molecule has 1 unspecified atom stereocenters. The second-order valence-electron chi connectivity index (χ2n) is 9.13. The minimum Gasteiger partial charge on any atom is -0.393 e. The molecule has 0 bridgehead atoms. The van der Waals surface area contributed by atoms with Gasteiger partial charge in [-0.25, -0.2) is 0 Å². The van der Waals surface area contributed by atoms with Crippen LogP contribution in [0.4, 0.5) is 0 Å². The molecule has 0 spiro atoms. The topological polar surface area (TPSA) is 60.4 Å². The zero-order valence-corrected chi connectivity index (χ0v) is 19.6. The number of ketones is 1. The van der Waals surface area contributed by atoms with Crippen molar-refractivity contribution in [2.45, 2.75) is 142 Å². The van der Waals surface area contributed by atoms with Crippen molar-refractivity contribution >= 4 is 17.7 Å². The number of unbranched alkanes of at least 4 members (excludes halogenated alkanes) is 18. The fourth-order valence-corrected chi connectivity index (χ4v) is 4.27. The highest BCUT2D eigenvalue weighted by Crippen LogP contribution is 2.20. The Hall–Kier alpha value is -1.19. The van der Waals surface area contributed by atoms with E-state index < -0.39 is 17.9 Å². The molecular weight excluding hydrogens is 376 g/mol. The van der Waals surface area contributed by atoms with Crippen molar-refractivity contribution in [1.29, 1.82) is 0 Å². The molecule has 0 amide bonds. The number of Topliss-reactive ketones (excluding diaryl/α,β-unsaturated/α-hetero) is 1. The number of hydrogen-bond acceptors (Lipinski definition) is 4. The van der Waals surface area contributed by atoms with E-state index in [1.165, 1.54) is 103 Å². The number of hydrogen-bond donors (Lipinski definition) is 0. The lowest BCUT2D eigenvalue weighted by molar-refractivity contribution is -0.153. The molecule has 1 fully saturated rings. The number of rotatable bonds is 21. The standard InChI is InChI=1S/C26H46O4/c1-2-3-4-5-6-7-8-9-10-11-12-13-14-15-16-17-18-19-20-21-24(27)23-22-25(28)30-26(23)29/h23H,2-22H2,1H3. The van der Waals surface area contributed by atoms with Gasteiger partial charge in [0.25, 0.3) is 0 Å². The van der Waals surface area contributed by atoms with E-state index in [4.69, 9.17) is 0 Å². The van der Waals surface area contributed by atoms with Crippen LogP contribution in [0.2, 0.25) is 0 Å². The molecule has 4 nitrogen and oxygen atoms in total. The molecule has 1 atom stereocenters. The van der Waals surface area contributed by atoms with Crippen molar-refractivity contribution in [1.82, 2.24) is 0 Å². The zero-order valence-electron chi connectivity index (χ0n) is 19.6. The first kappa shape index (κ1) is 26.8. The SMILES string of the molecule is CCCCCCCCCCCCCCCCCCCCCC(=O)C1CC(=O)OC1=O. The molecular formula is C26H46O4. The van der Waals surface area contributed by atoms with E-state index in [0.717, 1.165) is 19.3 Å². The third-order valence-electron chi connectivity index (χ3n) is 6.29. The summed E-state index contributed by atoms with van der Waals surface area (Å²) in [6.45, 7) is 2.28. The van der Waals surface area contributed by atoms with Gasteiger partial charge in [0.2, 0.25) is 0 Å². The quantitative estimate of drug-likeness (QED) is 0.109. The Balaban J connectivity index is 1.74. The fourth-order valence-electron chi connectivity index (χ4n) is 4.27. The molecule has 0 saturated carbocycles. The summed E-state index contributed by atoms with van der Waals surface area (Å²) in [6, 6.07) is 0. The molecule has 30 heavy (non-hydrogen) atoms. The molecule has 0 aromatic carbocycles. The van der Waals surface area contributed by atoms with Gasteiger partial charge < -0.3 is 4.74 Å². The summed E-state index contributed by atoms with van der Waals surface area (Å²) in [4.78, 5) is 34.3. The maximum atomic E-state index is 11.9. The van der Waals surface area contributed by atoms with E-state index in [1.54, 1.807) is 0 Å². The van der Waals surface area contributed by atoms with Crippen molar-refractivity contribution in [3.63, 3.8) is 0 Å². The predicted octanol–water partition coefficient (Wildman–Crippen LogP) is 7.47. The number of carbonyl (C=O) groups is 3. The maximum Gasteiger partial charge on any atom is 0.324 e. The van der Waals surface area contributed by atoms with E-state index in [-0.39, 0.29) is 12.2 Å². The van der Waals surface area contributed by atoms with Crippen molar-refractivity contribution in [2.24, 2.45) is 5.92 Å². The van der Waals surface area contributed by atoms with Crippen LogP contribution in [0.3, 0.4) is 0 Å². The van der Waals surface area contributed by atoms with Crippen LogP contribution in [-0.4, -0.2) is 17.7 Å². The third-order valence-corrected chi connectivity index (χ3v) is 6.29. The van der Waals surface area contributed by atoms with E-state index >= 15 is 0 Å². The highest BCUT2D eigenvalue weighted by atomic mass is 16.6. The summed E-state index contributed by atoms with van der Waals surface area (Å²) in [7, 11) is 0. The monoisotopic (exact) mass is 422 g/mol. The molecule has 0 aromatic heterocycles. The Morgan fingerprint density at radius 2 is 1.03 bits per heavy atom. The summed E-state index contributed by atoms with van der Waals surface area (Å²) in [5.41, 5.74) is 0. The summed E-state index contributed by atoms with van der Waals surface area (Å²) in [5, 5.41) is 0. The van der Waals surface area contributed by atoms with Crippen LogP contribution in [0.5, 0.6) is 0 Å². The van der Waals surface area contributed by atoms with Gasteiger partial charge in [0, 0.05) is 6.42 Å². The molecule has 0 N–H and O–H groups in total. The third kappa shape index (κ3) is 13.9. The molecule has 0 aliphatic carbocycles. The molecule has 174 valence electrons. The molecule has 4 heteroatoms. The van der Waals surface area contributed by atoms with E-state index in [0.29, 0.717) is 6.42 Å². The average Bonchev–Trinajstić information content (AvgIpc) is 3.07. The second kappa shape index (κ2) is 18.6. The molecule has 1 aliphatic rings. The van der Waals surface area contributed by atoms with Crippen LogP contribution in [-0.2, 0) is 19.1 Å². The molecule has 1 heterocycles. The highest BCUT2D eigenvalue weighted by Gasteiger charge is 2.38. The second-order valence-corrected chi connectivity index (χ2v) is 9.13. The minimum absolute atomic E-state index is 0.0587. The number of esters is 2. The van der Waals surface area contributed by atoms with E-state index in [1.807, 2.05) is 0 Å². The Bertz CT molecular complexity index is 472. The summed E-state index contributed by atoms with van der Waals surface area (Å²) in [5.74, 6) is -2.17. The first-order valence-electron chi connectivity index (χ1n) is 12.9. The lowest BCUT2D eigenvalue weighted by Gasteiger charge is -2.05.